The number of phenols is 1. The topological polar surface area (TPSA) is 98.9 Å². The van der Waals surface area contributed by atoms with E-state index in [0.29, 0.717) is 5.75 Å². The highest BCUT2D eigenvalue weighted by atomic mass is 32.2. The van der Waals surface area contributed by atoms with E-state index in [1.54, 1.807) is 0 Å². The molecule has 0 saturated heterocycles. The molecular formula is C7H9NO5S. The van der Waals surface area contributed by atoms with Crippen molar-refractivity contribution in [1.29, 1.82) is 0 Å². The number of methoxy groups -OCH3 is 1. The summed E-state index contributed by atoms with van der Waals surface area (Å²) in [6.45, 7) is 0. The zero-order valence-corrected chi connectivity index (χ0v) is 8.11. The Morgan fingerprint density at radius 2 is 2.07 bits per heavy atom. The molecule has 0 aromatic heterocycles. The molecule has 0 aliphatic rings. The molecule has 0 aliphatic heterocycles. The van der Waals surface area contributed by atoms with Gasteiger partial charge in [0.1, 0.15) is 5.75 Å². The van der Waals surface area contributed by atoms with Crippen molar-refractivity contribution in [3.8, 4) is 17.2 Å². The summed E-state index contributed by atoms with van der Waals surface area (Å²) in [5.41, 5.74) is 0. The molecule has 0 atom stereocenters. The van der Waals surface area contributed by atoms with Gasteiger partial charge in [0.15, 0.2) is 11.5 Å². The molecule has 0 saturated carbocycles. The molecule has 1 aromatic carbocycles. The maximum Gasteiger partial charge on any atom is 0.380 e. The van der Waals surface area contributed by atoms with E-state index in [-0.39, 0.29) is 11.5 Å². The first-order valence-corrected chi connectivity index (χ1v) is 4.99. The number of ether oxygens (including phenoxy) is 1. The first kappa shape index (κ1) is 10.6. The Kier molecular flexibility index (Phi) is 2.82. The Bertz CT molecular complexity index is 428. The maximum atomic E-state index is 10.5. The van der Waals surface area contributed by atoms with Gasteiger partial charge in [0.2, 0.25) is 0 Å². The lowest BCUT2D eigenvalue weighted by molar-refractivity contribution is 0.398. The second kappa shape index (κ2) is 3.72. The van der Waals surface area contributed by atoms with Crippen LogP contribution in [0.15, 0.2) is 18.2 Å². The summed E-state index contributed by atoms with van der Waals surface area (Å²) < 4.78 is 30.1. The highest BCUT2D eigenvalue weighted by Gasteiger charge is 2.10. The van der Waals surface area contributed by atoms with Crippen molar-refractivity contribution < 1.29 is 22.4 Å². The van der Waals surface area contributed by atoms with E-state index in [4.69, 9.17) is 4.74 Å². The average molecular weight is 219 g/mol. The third-order valence-corrected chi connectivity index (χ3v) is 1.78. The number of hydrogen-bond acceptors (Lipinski definition) is 5. The molecule has 0 fully saturated rings. The van der Waals surface area contributed by atoms with E-state index in [9.17, 15) is 13.5 Å². The molecular weight excluding hydrogens is 210 g/mol. The lowest BCUT2D eigenvalue weighted by atomic mass is 10.3. The van der Waals surface area contributed by atoms with Crippen LogP contribution in [0.2, 0.25) is 0 Å². The van der Waals surface area contributed by atoms with Gasteiger partial charge < -0.3 is 14.0 Å². The zero-order valence-electron chi connectivity index (χ0n) is 7.30. The minimum absolute atomic E-state index is 0.242. The molecule has 1 rings (SSSR count). The summed E-state index contributed by atoms with van der Waals surface area (Å²) in [5, 5.41) is 13.9. The summed E-state index contributed by atoms with van der Waals surface area (Å²) in [6.07, 6.45) is 0. The predicted molar refractivity (Wildman–Crippen MR) is 48.4 cm³/mol. The number of benzene rings is 1. The Hall–Kier alpha value is -1.47. The van der Waals surface area contributed by atoms with Gasteiger partial charge in [-0.2, -0.15) is 13.6 Å². The van der Waals surface area contributed by atoms with E-state index in [2.05, 4.69) is 9.32 Å². The third kappa shape index (κ3) is 2.79. The largest absolute Gasteiger partial charge is 0.504 e. The van der Waals surface area contributed by atoms with Gasteiger partial charge in [0.05, 0.1) is 7.11 Å². The van der Waals surface area contributed by atoms with Crippen molar-refractivity contribution in [1.82, 2.24) is 0 Å². The van der Waals surface area contributed by atoms with E-state index >= 15 is 0 Å². The minimum atomic E-state index is -4.12. The van der Waals surface area contributed by atoms with Gasteiger partial charge in [0, 0.05) is 6.07 Å². The summed E-state index contributed by atoms with van der Waals surface area (Å²) in [5.74, 6) is -0.226. The van der Waals surface area contributed by atoms with E-state index in [1.165, 1.54) is 25.3 Å². The number of aromatic hydroxyl groups is 1. The summed E-state index contributed by atoms with van der Waals surface area (Å²) in [7, 11) is -2.71. The van der Waals surface area contributed by atoms with Gasteiger partial charge >= 0.3 is 10.3 Å². The molecule has 0 radical (unpaired) electrons. The molecule has 7 heteroatoms. The first-order valence-electron chi connectivity index (χ1n) is 3.51. The molecule has 1 aromatic rings. The number of hydrogen-bond donors (Lipinski definition) is 2. The van der Waals surface area contributed by atoms with Crippen LogP contribution >= 0.6 is 0 Å². The molecule has 6 nitrogen and oxygen atoms in total. The van der Waals surface area contributed by atoms with Gasteiger partial charge in [-0.15, -0.1) is 0 Å². The van der Waals surface area contributed by atoms with Crippen LogP contribution in [0.1, 0.15) is 0 Å². The van der Waals surface area contributed by atoms with Crippen LogP contribution in [0.5, 0.6) is 17.2 Å². The monoisotopic (exact) mass is 219 g/mol. The van der Waals surface area contributed by atoms with E-state index in [1.807, 2.05) is 0 Å². The maximum absolute atomic E-state index is 10.5. The van der Waals surface area contributed by atoms with E-state index in [0.717, 1.165) is 0 Å². The van der Waals surface area contributed by atoms with Gasteiger partial charge in [0.25, 0.3) is 0 Å². The zero-order chi connectivity index (χ0) is 10.8. The quantitative estimate of drug-likeness (QED) is 0.744. The van der Waals surface area contributed by atoms with Crippen LogP contribution in [-0.2, 0) is 10.3 Å². The first-order chi connectivity index (χ1) is 6.42. The van der Waals surface area contributed by atoms with Crippen molar-refractivity contribution in [3.63, 3.8) is 0 Å². The highest BCUT2D eigenvalue weighted by Crippen LogP contribution is 2.30. The summed E-state index contributed by atoms with van der Waals surface area (Å²) in [6, 6.07) is 3.87. The summed E-state index contributed by atoms with van der Waals surface area (Å²) >= 11 is 0. The van der Waals surface area contributed by atoms with Crippen molar-refractivity contribution in [2.75, 3.05) is 7.11 Å². The molecule has 0 heterocycles. The lowest BCUT2D eigenvalue weighted by Gasteiger charge is -2.06. The van der Waals surface area contributed by atoms with Crippen LogP contribution in [0.25, 0.3) is 0 Å². The standard InChI is InChI=1S/C7H9NO5S/c1-12-5-2-3-7(6(9)4-5)13-14(8,10)11/h2-4,9H,1H3,(H2,8,10,11). The van der Waals surface area contributed by atoms with Crippen LogP contribution in [0.3, 0.4) is 0 Å². The van der Waals surface area contributed by atoms with Gasteiger partial charge in [-0.3, -0.25) is 0 Å². The lowest BCUT2D eigenvalue weighted by Crippen LogP contribution is -2.18. The normalized spacial score (nSPS) is 11.0. The molecule has 14 heavy (non-hydrogen) atoms. The second-order valence-electron chi connectivity index (χ2n) is 2.41. The van der Waals surface area contributed by atoms with Crippen molar-refractivity contribution in [2.45, 2.75) is 0 Å². The highest BCUT2D eigenvalue weighted by molar-refractivity contribution is 7.84. The molecule has 0 unspecified atom stereocenters. The SMILES string of the molecule is COc1ccc(OS(N)(=O)=O)c(O)c1. The van der Waals surface area contributed by atoms with Gasteiger partial charge in [-0.05, 0) is 12.1 Å². The number of rotatable bonds is 3. The van der Waals surface area contributed by atoms with Crippen molar-refractivity contribution in [2.24, 2.45) is 5.14 Å². The van der Waals surface area contributed by atoms with Crippen LogP contribution < -0.4 is 14.1 Å². The van der Waals surface area contributed by atoms with Crippen LogP contribution in [0, 0.1) is 0 Å². The second-order valence-corrected chi connectivity index (χ2v) is 3.56. The average Bonchev–Trinajstić information content (AvgIpc) is 2.06. The van der Waals surface area contributed by atoms with E-state index < -0.39 is 10.3 Å². The number of phenolic OH excluding ortho intramolecular Hbond substituents is 1. The third-order valence-electron chi connectivity index (χ3n) is 1.37. The Morgan fingerprint density at radius 1 is 1.43 bits per heavy atom. The van der Waals surface area contributed by atoms with Crippen LogP contribution in [0.4, 0.5) is 0 Å². The van der Waals surface area contributed by atoms with Crippen molar-refractivity contribution in [3.05, 3.63) is 18.2 Å². The van der Waals surface area contributed by atoms with Crippen LogP contribution in [-0.4, -0.2) is 20.6 Å². The molecule has 78 valence electrons. The Labute approximate surface area is 81.1 Å². The molecule has 0 spiro atoms. The molecule has 0 bridgehead atoms. The Morgan fingerprint density at radius 3 is 2.50 bits per heavy atom. The fourth-order valence-electron chi connectivity index (χ4n) is 0.820. The van der Waals surface area contributed by atoms with Crippen molar-refractivity contribution >= 4 is 10.3 Å². The van der Waals surface area contributed by atoms with Gasteiger partial charge in [-0.1, -0.05) is 0 Å². The Balaban J connectivity index is 3.01. The fraction of sp³-hybridized carbons (Fsp3) is 0.143. The molecule has 0 amide bonds. The predicted octanol–water partition coefficient (Wildman–Crippen LogP) is -0.0169. The molecule has 3 N–H and O–H groups in total. The van der Waals surface area contributed by atoms with Gasteiger partial charge in [-0.25, -0.2) is 0 Å². The summed E-state index contributed by atoms with van der Waals surface area (Å²) in [4.78, 5) is 0. The fourth-order valence-corrected chi connectivity index (χ4v) is 1.21. The smallest absolute Gasteiger partial charge is 0.380 e. The molecule has 0 aliphatic carbocycles. The number of nitrogens with two attached hydrogens (primary N) is 1. The minimum Gasteiger partial charge on any atom is -0.504 e.